The highest BCUT2D eigenvalue weighted by Crippen LogP contribution is 2.50. The fourth-order valence-electron chi connectivity index (χ4n) is 1.73. The Labute approximate surface area is 83.1 Å². The van der Waals surface area contributed by atoms with Gasteiger partial charge in [-0.1, -0.05) is 0 Å². The van der Waals surface area contributed by atoms with Crippen molar-refractivity contribution in [2.24, 2.45) is 0 Å². The van der Waals surface area contributed by atoms with E-state index in [-0.39, 0.29) is 0 Å². The van der Waals surface area contributed by atoms with E-state index in [1.807, 2.05) is 0 Å². The van der Waals surface area contributed by atoms with E-state index in [4.69, 9.17) is 7.85 Å². The fraction of sp³-hybridized carbons (Fsp3) is 0.750. The van der Waals surface area contributed by atoms with E-state index >= 15 is 0 Å². The minimum absolute atomic E-state index is 0.643. The van der Waals surface area contributed by atoms with Crippen molar-refractivity contribution >= 4 is 23.6 Å². The van der Waals surface area contributed by atoms with Crippen molar-refractivity contribution in [2.45, 2.75) is 36.4 Å². The van der Waals surface area contributed by atoms with Crippen LogP contribution in [-0.2, 0) is 9.59 Å². The van der Waals surface area contributed by atoms with Gasteiger partial charge in [0.1, 0.15) is 6.04 Å². The highest BCUT2D eigenvalue weighted by Gasteiger charge is 2.58. The van der Waals surface area contributed by atoms with Gasteiger partial charge >= 0.3 is 5.97 Å². The molecule has 0 spiro atoms. The molecular formula is C8H11NO3S. The summed E-state index contributed by atoms with van der Waals surface area (Å²) >= 11 is 1.21. The van der Waals surface area contributed by atoms with Crippen molar-refractivity contribution < 1.29 is 17.4 Å². The van der Waals surface area contributed by atoms with Gasteiger partial charge in [-0.2, -0.15) is 0 Å². The van der Waals surface area contributed by atoms with Gasteiger partial charge in [-0.25, -0.2) is 4.79 Å². The monoisotopic (exact) mass is 203 g/mol. The van der Waals surface area contributed by atoms with E-state index in [1.54, 1.807) is 13.8 Å². The first kappa shape index (κ1) is 6.70. The minimum Gasteiger partial charge on any atom is -0.480 e. The van der Waals surface area contributed by atoms with Crippen LogP contribution in [0.15, 0.2) is 0 Å². The van der Waals surface area contributed by atoms with Crippen LogP contribution in [0.4, 0.5) is 0 Å². The first-order valence-corrected chi connectivity index (χ1v) is 4.81. The normalized spacial score (nSPS) is 41.7. The lowest BCUT2D eigenvalue weighted by atomic mass is 9.98. The van der Waals surface area contributed by atoms with Crippen LogP contribution in [0.5, 0.6) is 0 Å². The smallest absolute Gasteiger partial charge is 0.327 e. The molecule has 0 aromatic carbocycles. The summed E-state index contributed by atoms with van der Waals surface area (Å²) in [6, 6.07) is -0.927. The summed E-state index contributed by atoms with van der Waals surface area (Å²) in [4.78, 5) is 23.6. The number of carboxylic acids is 1. The lowest BCUT2D eigenvalue weighted by Crippen LogP contribution is -2.56. The van der Waals surface area contributed by atoms with Gasteiger partial charge in [0.15, 0.2) is 0 Å². The number of thioether (sulfide) groups is 1. The molecule has 4 nitrogen and oxygen atoms in total. The van der Waals surface area contributed by atoms with Crippen LogP contribution < -0.4 is 0 Å². The van der Waals surface area contributed by atoms with Crippen molar-refractivity contribution in [3.63, 3.8) is 0 Å². The number of carbonyl (C=O) groups is 2. The standard InChI is InChI=1S/C8H11NO3S/c1-8(2)6(7(11)12)9-4(10)3-5(9)13-8/h5-6H,3H2,1-2H3,(H,11,12)/t5-,6+/m1/s1/i3D2. The van der Waals surface area contributed by atoms with Crippen LogP contribution in [0.2, 0.25) is 0 Å². The molecule has 0 aromatic rings. The minimum atomic E-state index is -1.91. The molecule has 2 heterocycles. The zero-order valence-corrected chi connectivity index (χ0v) is 8.09. The van der Waals surface area contributed by atoms with E-state index in [1.165, 1.54) is 11.8 Å². The third-order valence-electron chi connectivity index (χ3n) is 2.32. The molecule has 2 aliphatic rings. The predicted molar refractivity (Wildman–Crippen MR) is 48.3 cm³/mol. The van der Waals surface area contributed by atoms with Gasteiger partial charge in [-0.15, -0.1) is 11.8 Å². The number of hydrogen-bond acceptors (Lipinski definition) is 3. The Morgan fingerprint density at radius 3 is 3.00 bits per heavy atom. The van der Waals surface area contributed by atoms with Crippen LogP contribution in [0.3, 0.4) is 0 Å². The van der Waals surface area contributed by atoms with Crippen molar-refractivity contribution in [1.82, 2.24) is 4.90 Å². The summed E-state index contributed by atoms with van der Waals surface area (Å²) in [6.07, 6.45) is -1.91. The number of β-lactam (4-membered cyclic amide) rings is 1. The number of rotatable bonds is 1. The molecule has 2 fully saturated rings. The van der Waals surface area contributed by atoms with Gasteiger partial charge < -0.3 is 10.0 Å². The summed E-state index contributed by atoms with van der Waals surface area (Å²) in [6.45, 7) is 3.44. The Hall–Kier alpha value is -0.710. The topological polar surface area (TPSA) is 57.6 Å². The number of aliphatic carboxylic acids is 1. The number of carbonyl (C=O) groups excluding carboxylic acids is 1. The summed E-state index contributed by atoms with van der Waals surface area (Å²) in [5, 5.41) is 8.38. The number of hydrogen-bond donors (Lipinski definition) is 1. The Kier molecular flexibility index (Phi) is 1.24. The molecule has 2 saturated heterocycles. The van der Waals surface area contributed by atoms with Gasteiger partial charge in [0.2, 0.25) is 5.91 Å². The van der Waals surface area contributed by atoms with Crippen molar-refractivity contribution in [3.05, 3.63) is 0 Å². The maximum absolute atomic E-state index is 11.4. The summed E-state index contributed by atoms with van der Waals surface area (Å²) in [5.74, 6) is -1.78. The Morgan fingerprint density at radius 1 is 1.85 bits per heavy atom. The molecule has 0 saturated carbocycles. The Bertz CT molecular complexity index is 358. The Morgan fingerprint density at radius 2 is 2.46 bits per heavy atom. The predicted octanol–water partition coefficient (Wildman–Crippen LogP) is 0.523. The highest BCUT2D eigenvalue weighted by atomic mass is 32.2. The molecular weight excluding hydrogens is 190 g/mol. The average Bonchev–Trinajstić information content (AvgIpc) is 2.35. The van der Waals surface area contributed by atoms with Gasteiger partial charge in [-0.3, -0.25) is 4.79 Å². The van der Waals surface area contributed by atoms with Crippen molar-refractivity contribution in [2.75, 3.05) is 0 Å². The summed E-state index contributed by atoms with van der Waals surface area (Å²) < 4.78 is 14.3. The molecule has 72 valence electrons. The zero-order valence-electron chi connectivity index (χ0n) is 9.27. The first-order chi connectivity index (χ1) is 6.69. The van der Waals surface area contributed by atoms with E-state index in [0.717, 1.165) is 4.90 Å². The molecule has 5 heteroatoms. The quantitative estimate of drug-likeness (QED) is 0.631. The maximum Gasteiger partial charge on any atom is 0.327 e. The van der Waals surface area contributed by atoms with Gasteiger partial charge in [0.05, 0.1) is 11.7 Å². The SMILES string of the molecule is [2H]C1([2H])C(=O)N2[C@@H](C(=O)O)C(C)(C)S[C@@H]21. The lowest BCUT2D eigenvalue weighted by Gasteiger charge is -2.36. The average molecular weight is 203 g/mol. The second-order valence-electron chi connectivity index (χ2n) is 3.67. The third-order valence-corrected chi connectivity index (χ3v) is 3.72. The molecule has 0 radical (unpaired) electrons. The summed E-state index contributed by atoms with van der Waals surface area (Å²) in [7, 11) is 0. The number of carboxylic acid groups (broad SMARTS) is 1. The summed E-state index contributed by atoms with van der Waals surface area (Å²) in [5.41, 5.74) is 0. The van der Waals surface area contributed by atoms with Crippen LogP contribution in [-0.4, -0.2) is 38.0 Å². The molecule has 13 heavy (non-hydrogen) atoms. The maximum atomic E-state index is 11.4. The van der Waals surface area contributed by atoms with Gasteiger partial charge in [0, 0.05) is 7.49 Å². The van der Waals surface area contributed by atoms with E-state index in [0.29, 0.717) is 0 Å². The van der Waals surface area contributed by atoms with Gasteiger partial charge in [0.25, 0.3) is 0 Å². The van der Waals surface area contributed by atoms with Crippen LogP contribution in [0, 0.1) is 0 Å². The van der Waals surface area contributed by atoms with Crippen LogP contribution >= 0.6 is 11.8 Å². The van der Waals surface area contributed by atoms with Crippen LogP contribution in [0.1, 0.15) is 23.0 Å². The molecule has 1 amide bonds. The largest absolute Gasteiger partial charge is 0.480 e. The van der Waals surface area contributed by atoms with E-state index in [2.05, 4.69) is 0 Å². The third kappa shape index (κ3) is 1.06. The fourth-order valence-corrected chi connectivity index (χ4v) is 3.14. The molecule has 0 aliphatic carbocycles. The Balaban J connectivity index is 2.37. The number of nitrogens with zero attached hydrogens (tertiary/aromatic N) is 1. The van der Waals surface area contributed by atoms with Crippen molar-refractivity contribution in [3.8, 4) is 0 Å². The number of amides is 1. The van der Waals surface area contributed by atoms with Gasteiger partial charge in [-0.05, 0) is 13.8 Å². The van der Waals surface area contributed by atoms with Crippen molar-refractivity contribution in [1.29, 1.82) is 0 Å². The second kappa shape index (κ2) is 2.41. The molecule has 2 rings (SSSR count). The number of fused-ring (bicyclic) bond motifs is 1. The molecule has 2 atom stereocenters. The van der Waals surface area contributed by atoms with Crippen LogP contribution in [0.25, 0.3) is 0 Å². The molecule has 0 bridgehead atoms. The lowest BCUT2D eigenvalue weighted by molar-refractivity contribution is -0.157. The molecule has 0 unspecified atom stereocenters. The van der Waals surface area contributed by atoms with E-state index < -0.39 is 34.4 Å². The molecule has 2 aliphatic heterocycles. The zero-order chi connectivity index (χ0) is 11.6. The first-order valence-electron chi connectivity index (χ1n) is 4.93. The second-order valence-corrected chi connectivity index (χ2v) is 5.41. The highest BCUT2D eigenvalue weighted by molar-refractivity contribution is 8.01. The van der Waals surface area contributed by atoms with E-state index in [9.17, 15) is 9.59 Å². The molecule has 1 N–H and O–H groups in total. The molecule has 0 aromatic heterocycles.